The molecule has 25 heavy (non-hydrogen) atoms. The maximum absolute atomic E-state index is 6.06. The molecule has 0 atom stereocenters. The lowest BCUT2D eigenvalue weighted by Gasteiger charge is -2.37. The number of benzene rings is 2. The van der Waals surface area contributed by atoms with Crippen LogP contribution >= 0.6 is 23.8 Å². The lowest BCUT2D eigenvalue weighted by Crippen LogP contribution is -2.52. The third kappa shape index (κ3) is 2.94. The SMILES string of the molecule is Cc1cccc(NC2=NC(=S)N(c3ccc(Cl)cc3)C23CCCC3)c1. The fourth-order valence-electron chi connectivity index (χ4n) is 3.91. The van der Waals surface area contributed by atoms with Gasteiger partial charge in [0, 0.05) is 16.4 Å². The molecule has 1 aliphatic carbocycles. The highest BCUT2D eigenvalue weighted by Gasteiger charge is 2.50. The molecule has 0 aromatic heterocycles. The number of nitrogens with one attached hydrogen (secondary N) is 1. The summed E-state index contributed by atoms with van der Waals surface area (Å²) in [7, 11) is 0. The Morgan fingerprint density at radius 3 is 2.52 bits per heavy atom. The predicted molar refractivity (Wildman–Crippen MR) is 110 cm³/mol. The molecule has 0 saturated heterocycles. The molecule has 1 N–H and O–H groups in total. The van der Waals surface area contributed by atoms with Crippen molar-refractivity contribution >= 4 is 46.1 Å². The minimum atomic E-state index is -0.172. The third-order valence-electron chi connectivity index (χ3n) is 5.06. The number of hydrogen-bond donors (Lipinski definition) is 1. The quantitative estimate of drug-likeness (QED) is 0.700. The zero-order valence-electron chi connectivity index (χ0n) is 14.1. The van der Waals surface area contributed by atoms with Crippen molar-refractivity contribution in [2.75, 3.05) is 10.2 Å². The molecule has 0 radical (unpaired) electrons. The number of anilines is 2. The Balaban J connectivity index is 1.71. The van der Waals surface area contributed by atoms with E-state index in [9.17, 15) is 0 Å². The van der Waals surface area contributed by atoms with E-state index in [0.29, 0.717) is 5.11 Å². The molecule has 128 valence electrons. The van der Waals surface area contributed by atoms with E-state index >= 15 is 0 Å². The standard InChI is InChI=1S/C20H20ClN3S/c1-14-5-4-6-16(13-14)22-18-20(11-2-3-12-20)24(19(25)23-18)17-9-7-15(21)8-10-17/h4-10,13H,2-3,11-12H2,1H3,(H,22,23,25). The molecule has 0 bridgehead atoms. The normalized spacial score (nSPS) is 18.7. The second-order valence-electron chi connectivity index (χ2n) is 6.79. The van der Waals surface area contributed by atoms with Gasteiger partial charge < -0.3 is 10.2 Å². The number of thiocarbonyl (C=S) groups is 1. The number of aryl methyl sites for hydroxylation is 1. The number of hydrogen-bond acceptors (Lipinski definition) is 2. The van der Waals surface area contributed by atoms with Crippen molar-refractivity contribution in [2.24, 2.45) is 4.99 Å². The molecule has 1 aliphatic heterocycles. The van der Waals surface area contributed by atoms with Gasteiger partial charge in [-0.25, -0.2) is 4.99 Å². The summed E-state index contributed by atoms with van der Waals surface area (Å²) >= 11 is 11.7. The molecule has 2 aliphatic rings. The summed E-state index contributed by atoms with van der Waals surface area (Å²) in [5.41, 5.74) is 3.17. The highest BCUT2D eigenvalue weighted by Crippen LogP contribution is 2.43. The molecule has 1 fully saturated rings. The van der Waals surface area contributed by atoms with Gasteiger partial charge in [-0.1, -0.05) is 36.6 Å². The summed E-state index contributed by atoms with van der Waals surface area (Å²) in [5.74, 6) is 0.968. The van der Waals surface area contributed by atoms with E-state index in [2.05, 4.69) is 41.4 Å². The molecule has 5 heteroatoms. The van der Waals surface area contributed by atoms with E-state index in [-0.39, 0.29) is 5.54 Å². The minimum Gasteiger partial charge on any atom is -0.342 e. The van der Waals surface area contributed by atoms with Crippen LogP contribution < -0.4 is 10.2 Å². The predicted octanol–water partition coefficient (Wildman–Crippen LogP) is 5.58. The van der Waals surface area contributed by atoms with Crippen molar-refractivity contribution in [1.29, 1.82) is 0 Å². The Morgan fingerprint density at radius 1 is 1.12 bits per heavy atom. The van der Waals surface area contributed by atoms with Crippen LogP contribution in [-0.2, 0) is 0 Å². The van der Waals surface area contributed by atoms with E-state index in [1.807, 2.05) is 24.3 Å². The van der Waals surface area contributed by atoms with Crippen LogP contribution in [0.15, 0.2) is 53.5 Å². The highest BCUT2D eigenvalue weighted by atomic mass is 35.5. The van der Waals surface area contributed by atoms with Crippen molar-refractivity contribution in [3.63, 3.8) is 0 Å². The maximum Gasteiger partial charge on any atom is 0.202 e. The van der Waals surface area contributed by atoms with Crippen molar-refractivity contribution in [3.05, 3.63) is 59.1 Å². The van der Waals surface area contributed by atoms with Crippen LogP contribution in [0.1, 0.15) is 31.2 Å². The highest BCUT2D eigenvalue weighted by molar-refractivity contribution is 7.80. The first-order valence-electron chi connectivity index (χ1n) is 8.61. The van der Waals surface area contributed by atoms with Crippen molar-refractivity contribution in [2.45, 2.75) is 38.1 Å². The summed E-state index contributed by atoms with van der Waals surface area (Å²) in [5, 5.41) is 4.91. The van der Waals surface area contributed by atoms with Crippen LogP contribution in [0.25, 0.3) is 0 Å². The number of amidine groups is 1. The second kappa shape index (κ2) is 6.43. The Bertz CT molecular complexity index is 838. The molecule has 0 unspecified atom stereocenters. The van der Waals surface area contributed by atoms with Crippen LogP contribution in [0.5, 0.6) is 0 Å². The summed E-state index contributed by atoms with van der Waals surface area (Å²) in [6, 6.07) is 16.2. The van der Waals surface area contributed by atoms with Gasteiger partial charge in [0.05, 0.1) is 0 Å². The fraction of sp³-hybridized carbons (Fsp3) is 0.300. The second-order valence-corrected chi connectivity index (χ2v) is 7.59. The summed E-state index contributed by atoms with van der Waals surface area (Å²) < 4.78 is 0. The van der Waals surface area contributed by atoms with Crippen LogP contribution in [0.4, 0.5) is 11.4 Å². The Hall–Kier alpha value is -1.91. The van der Waals surface area contributed by atoms with Gasteiger partial charge in [-0.2, -0.15) is 0 Å². The summed E-state index contributed by atoms with van der Waals surface area (Å²) in [6.07, 6.45) is 4.46. The van der Waals surface area contributed by atoms with Crippen molar-refractivity contribution < 1.29 is 0 Å². The van der Waals surface area contributed by atoms with Gasteiger partial charge in [0.1, 0.15) is 11.4 Å². The lowest BCUT2D eigenvalue weighted by molar-refractivity contribution is 0.595. The van der Waals surface area contributed by atoms with E-state index in [0.717, 1.165) is 35.1 Å². The molecule has 2 aromatic carbocycles. The molecule has 1 saturated carbocycles. The number of halogens is 1. The van der Waals surface area contributed by atoms with Gasteiger partial charge in [0.2, 0.25) is 5.11 Å². The Labute approximate surface area is 158 Å². The van der Waals surface area contributed by atoms with Crippen LogP contribution in [0.3, 0.4) is 0 Å². The number of rotatable bonds is 2. The van der Waals surface area contributed by atoms with Crippen LogP contribution in [0, 0.1) is 6.92 Å². The van der Waals surface area contributed by atoms with Crippen molar-refractivity contribution in [3.8, 4) is 0 Å². The molecule has 4 rings (SSSR count). The van der Waals surface area contributed by atoms with Gasteiger partial charge in [-0.05, 0) is 73.9 Å². The molecule has 0 amide bonds. The van der Waals surface area contributed by atoms with Gasteiger partial charge in [-0.3, -0.25) is 0 Å². The Kier molecular flexibility index (Phi) is 4.26. The Morgan fingerprint density at radius 2 is 1.84 bits per heavy atom. The molecule has 1 spiro atoms. The smallest absolute Gasteiger partial charge is 0.202 e. The van der Waals surface area contributed by atoms with Gasteiger partial charge in [-0.15, -0.1) is 0 Å². The van der Waals surface area contributed by atoms with Crippen LogP contribution in [0.2, 0.25) is 5.02 Å². The van der Waals surface area contributed by atoms with Gasteiger partial charge in [0.15, 0.2) is 0 Å². The average molecular weight is 370 g/mol. The number of nitrogens with zero attached hydrogens (tertiary/aromatic N) is 2. The first kappa shape index (κ1) is 16.6. The zero-order valence-corrected chi connectivity index (χ0v) is 15.7. The molecular formula is C20H20ClN3S. The van der Waals surface area contributed by atoms with Gasteiger partial charge in [0.25, 0.3) is 0 Å². The van der Waals surface area contributed by atoms with E-state index < -0.39 is 0 Å². The topological polar surface area (TPSA) is 27.6 Å². The fourth-order valence-corrected chi connectivity index (χ4v) is 4.41. The summed E-state index contributed by atoms with van der Waals surface area (Å²) in [6.45, 7) is 2.09. The minimum absolute atomic E-state index is 0.172. The number of aliphatic imine (C=N–C) groups is 1. The average Bonchev–Trinajstić information content (AvgIpc) is 3.16. The van der Waals surface area contributed by atoms with E-state index in [4.69, 9.17) is 28.8 Å². The summed E-state index contributed by atoms with van der Waals surface area (Å²) in [4.78, 5) is 6.97. The zero-order chi connectivity index (χ0) is 17.4. The van der Waals surface area contributed by atoms with Crippen molar-refractivity contribution in [1.82, 2.24) is 0 Å². The first-order chi connectivity index (χ1) is 12.1. The maximum atomic E-state index is 6.06. The van der Waals surface area contributed by atoms with E-state index in [1.54, 1.807) is 0 Å². The van der Waals surface area contributed by atoms with Gasteiger partial charge >= 0.3 is 0 Å². The molecule has 2 aromatic rings. The lowest BCUT2D eigenvalue weighted by atomic mass is 9.93. The third-order valence-corrected chi connectivity index (χ3v) is 5.59. The monoisotopic (exact) mass is 369 g/mol. The van der Waals surface area contributed by atoms with E-state index in [1.165, 1.54) is 18.4 Å². The van der Waals surface area contributed by atoms with Crippen LogP contribution in [-0.4, -0.2) is 16.5 Å². The largest absolute Gasteiger partial charge is 0.342 e. The molecule has 1 heterocycles. The molecular weight excluding hydrogens is 350 g/mol. The first-order valence-corrected chi connectivity index (χ1v) is 9.40. The molecule has 3 nitrogen and oxygen atoms in total.